The van der Waals surface area contributed by atoms with Gasteiger partial charge >= 0.3 is 0 Å². The Morgan fingerprint density at radius 2 is 1.30 bits per heavy atom. The van der Waals surface area contributed by atoms with Crippen molar-refractivity contribution in [2.45, 2.75) is 91.1 Å². The second-order valence-corrected chi connectivity index (χ2v) is 9.48. The molecule has 0 bridgehead atoms. The van der Waals surface area contributed by atoms with E-state index in [1.165, 1.54) is 77.5 Å². The zero-order chi connectivity index (χ0) is 16.4. The zero-order valence-electron chi connectivity index (χ0n) is 16.2. The molecule has 1 aliphatic carbocycles. The molecule has 2 nitrogen and oxygen atoms in total. The molecule has 0 aromatic heterocycles. The molecule has 2 heteroatoms. The minimum atomic E-state index is 0.720. The van der Waals surface area contributed by atoms with Gasteiger partial charge in [0.1, 0.15) is 0 Å². The van der Waals surface area contributed by atoms with Crippen LogP contribution in [0.2, 0.25) is 0 Å². The van der Waals surface area contributed by atoms with E-state index in [1.54, 1.807) is 0 Å². The number of nitrogens with zero attached hydrogens (tertiary/aromatic N) is 2. The molecule has 0 N–H and O–H groups in total. The summed E-state index contributed by atoms with van der Waals surface area (Å²) >= 11 is 0. The monoisotopic (exact) mass is 320 g/mol. The quantitative estimate of drug-likeness (QED) is 0.738. The normalized spacial score (nSPS) is 29.0. The molecule has 2 saturated heterocycles. The fourth-order valence-corrected chi connectivity index (χ4v) is 5.55. The van der Waals surface area contributed by atoms with Crippen molar-refractivity contribution in [3.05, 3.63) is 0 Å². The SMILES string of the molecule is CC(C)C1CCN(C2CCC3(CC2)CCN(C(C)C)CC3)CC1. The summed E-state index contributed by atoms with van der Waals surface area (Å²) in [5.74, 6) is 1.87. The summed E-state index contributed by atoms with van der Waals surface area (Å²) < 4.78 is 0. The first-order valence-corrected chi connectivity index (χ1v) is 10.5. The Labute approximate surface area is 145 Å². The lowest BCUT2D eigenvalue weighted by molar-refractivity contribution is 0.0135. The van der Waals surface area contributed by atoms with Crippen LogP contribution in [-0.2, 0) is 0 Å². The van der Waals surface area contributed by atoms with Crippen LogP contribution in [0.25, 0.3) is 0 Å². The highest BCUT2D eigenvalue weighted by Gasteiger charge is 2.40. The maximum absolute atomic E-state index is 2.86. The molecule has 3 aliphatic rings. The maximum Gasteiger partial charge on any atom is 0.00956 e. The molecule has 23 heavy (non-hydrogen) atoms. The zero-order valence-corrected chi connectivity index (χ0v) is 16.2. The fourth-order valence-electron chi connectivity index (χ4n) is 5.55. The van der Waals surface area contributed by atoms with E-state index in [2.05, 4.69) is 37.5 Å². The first-order valence-electron chi connectivity index (χ1n) is 10.5. The Morgan fingerprint density at radius 1 is 0.739 bits per heavy atom. The van der Waals surface area contributed by atoms with Crippen LogP contribution in [0.4, 0.5) is 0 Å². The van der Waals surface area contributed by atoms with Crippen molar-refractivity contribution < 1.29 is 0 Å². The summed E-state index contributed by atoms with van der Waals surface area (Å²) in [4.78, 5) is 5.54. The molecule has 134 valence electrons. The van der Waals surface area contributed by atoms with E-state index < -0.39 is 0 Å². The lowest BCUT2D eigenvalue weighted by Crippen LogP contribution is -2.48. The highest BCUT2D eigenvalue weighted by atomic mass is 15.2. The van der Waals surface area contributed by atoms with E-state index in [0.717, 1.165) is 29.3 Å². The second kappa shape index (κ2) is 7.44. The van der Waals surface area contributed by atoms with Gasteiger partial charge in [-0.1, -0.05) is 13.8 Å². The minimum absolute atomic E-state index is 0.720. The molecule has 0 aromatic rings. The highest BCUT2D eigenvalue weighted by molar-refractivity contribution is 4.93. The van der Waals surface area contributed by atoms with E-state index in [-0.39, 0.29) is 0 Å². The summed E-state index contributed by atoms with van der Waals surface area (Å²) in [5.41, 5.74) is 0.720. The lowest BCUT2D eigenvalue weighted by Gasteiger charge is -2.49. The van der Waals surface area contributed by atoms with Crippen molar-refractivity contribution in [3.8, 4) is 0 Å². The number of rotatable bonds is 3. The first kappa shape index (κ1) is 17.7. The van der Waals surface area contributed by atoms with E-state index in [1.807, 2.05) is 0 Å². The average Bonchev–Trinajstić information content (AvgIpc) is 2.56. The predicted molar refractivity (Wildman–Crippen MR) is 99.8 cm³/mol. The number of piperidine rings is 2. The van der Waals surface area contributed by atoms with Gasteiger partial charge in [0.15, 0.2) is 0 Å². The van der Waals surface area contributed by atoms with Crippen molar-refractivity contribution >= 4 is 0 Å². The molecule has 2 heterocycles. The first-order chi connectivity index (χ1) is 11.0. The summed E-state index contributed by atoms with van der Waals surface area (Å²) in [7, 11) is 0. The van der Waals surface area contributed by atoms with E-state index in [0.29, 0.717) is 0 Å². The van der Waals surface area contributed by atoms with Gasteiger partial charge in [-0.05, 0) is 109 Å². The summed E-state index contributed by atoms with van der Waals surface area (Å²) in [6.45, 7) is 15.0. The maximum atomic E-state index is 2.86. The Kier molecular flexibility index (Phi) is 5.73. The third kappa shape index (κ3) is 4.12. The van der Waals surface area contributed by atoms with Crippen LogP contribution in [0.3, 0.4) is 0 Å². The van der Waals surface area contributed by atoms with Gasteiger partial charge in [-0.15, -0.1) is 0 Å². The van der Waals surface area contributed by atoms with Gasteiger partial charge in [0.25, 0.3) is 0 Å². The lowest BCUT2D eigenvalue weighted by atomic mass is 9.66. The molecule has 0 radical (unpaired) electrons. The molecule has 0 aromatic carbocycles. The summed E-state index contributed by atoms with van der Waals surface area (Å²) in [6, 6.07) is 1.66. The Hall–Kier alpha value is -0.0800. The van der Waals surface area contributed by atoms with Gasteiger partial charge in [0, 0.05) is 12.1 Å². The van der Waals surface area contributed by atoms with Crippen molar-refractivity contribution in [2.75, 3.05) is 26.2 Å². The molecule has 3 rings (SSSR count). The molecule has 0 amide bonds. The van der Waals surface area contributed by atoms with Gasteiger partial charge in [0.05, 0.1) is 0 Å². The largest absolute Gasteiger partial charge is 0.301 e. The van der Waals surface area contributed by atoms with Crippen LogP contribution in [0, 0.1) is 17.3 Å². The molecule has 3 fully saturated rings. The van der Waals surface area contributed by atoms with Gasteiger partial charge in [-0.2, -0.15) is 0 Å². The van der Waals surface area contributed by atoms with Gasteiger partial charge < -0.3 is 9.80 Å². The second-order valence-electron chi connectivity index (χ2n) is 9.48. The molecule has 0 unspecified atom stereocenters. The van der Waals surface area contributed by atoms with E-state index in [4.69, 9.17) is 0 Å². The molecule has 0 atom stereocenters. The van der Waals surface area contributed by atoms with Crippen molar-refractivity contribution in [1.82, 2.24) is 9.80 Å². The standard InChI is InChI=1S/C21H40N2/c1-17(2)19-7-13-23(14-8-19)20-5-9-21(10-6-20)11-15-22(16-12-21)18(3)4/h17-20H,5-16H2,1-4H3. The van der Waals surface area contributed by atoms with Crippen molar-refractivity contribution in [2.24, 2.45) is 17.3 Å². The molecular weight excluding hydrogens is 280 g/mol. The third-order valence-electron chi connectivity index (χ3n) is 7.64. The van der Waals surface area contributed by atoms with Crippen molar-refractivity contribution in [3.63, 3.8) is 0 Å². The predicted octanol–water partition coefficient (Wildman–Crippen LogP) is 4.79. The summed E-state index contributed by atoms with van der Waals surface area (Å²) in [5, 5.41) is 0. The third-order valence-corrected chi connectivity index (χ3v) is 7.64. The Morgan fingerprint density at radius 3 is 1.78 bits per heavy atom. The summed E-state index contributed by atoms with van der Waals surface area (Å²) in [6.07, 6.45) is 11.8. The molecule has 2 aliphatic heterocycles. The van der Waals surface area contributed by atoms with Gasteiger partial charge in [-0.25, -0.2) is 0 Å². The average molecular weight is 321 g/mol. The van der Waals surface area contributed by atoms with E-state index in [9.17, 15) is 0 Å². The van der Waals surface area contributed by atoms with Crippen molar-refractivity contribution in [1.29, 1.82) is 0 Å². The van der Waals surface area contributed by atoms with Crippen LogP contribution in [-0.4, -0.2) is 48.1 Å². The fraction of sp³-hybridized carbons (Fsp3) is 1.00. The smallest absolute Gasteiger partial charge is 0.00956 e. The topological polar surface area (TPSA) is 6.48 Å². The van der Waals surface area contributed by atoms with E-state index >= 15 is 0 Å². The molecule has 1 spiro atoms. The Balaban J connectivity index is 1.44. The van der Waals surface area contributed by atoms with Crippen LogP contribution < -0.4 is 0 Å². The van der Waals surface area contributed by atoms with Gasteiger partial charge in [-0.3, -0.25) is 0 Å². The molecule has 1 saturated carbocycles. The van der Waals surface area contributed by atoms with Crippen LogP contribution in [0.15, 0.2) is 0 Å². The highest BCUT2D eigenvalue weighted by Crippen LogP contribution is 2.46. The van der Waals surface area contributed by atoms with Crippen LogP contribution in [0.5, 0.6) is 0 Å². The Bertz CT molecular complexity index is 350. The number of hydrogen-bond donors (Lipinski definition) is 0. The van der Waals surface area contributed by atoms with Crippen LogP contribution >= 0.6 is 0 Å². The number of hydrogen-bond acceptors (Lipinski definition) is 2. The molecular formula is C21H40N2. The van der Waals surface area contributed by atoms with Gasteiger partial charge in [0.2, 0.25) is 0 Å². The minimum Gasteiger partial charge on any atom is -0.301 e. The number of likely N-dealkylation sites (tertiary alicyclic amines) is 2. The van der Waals surface area contributed by atoms with Crippen LogP contribution in [0.1, 0.15) is 79.1 Å².